The van der Waals surface area contributed by atoms with E-state index in [0.717, 1.165) is 5.17 Å². The number of carbonyl (C=O) groups excluding carboxylic acids is 1. The first kappa shape index (κ1) is 13.7. The average molecular weight is 329 g/mol. The van der Waals surface area contributed by atoms with Crippen molar-refractivity contribution < 1.29 is 9.63 Å². The lowest BCUT2D eigenvalue weighted by atomic mass is 10.2. The van der Waals surface area contributed by atoms with E-state index in [0.29, 0.717) is 27.3 Å². The zero-order valence-corrected chi connectivity index (χ0v) is 12.5. The largest absolute Gasteiger partial charge is 0.390 e. The van der Waals surface area contributed by atoms with Crippen molar-refractivity contribution in [3.05, 3.63) is 46.1 Å². The average Bonchev–Trinajstić information content (AvgIpc) is 3.16. The van der Waals surface area contributed by atoms with Gasteiger partial charge in [0.05, 0.1) is 16.1 Å². The number of rotatable bonds is 2. The van der Waals surface area contributed by atoms with Crippen LogP contribution in [0.2, 0.25) is 0 Å². The van der Waals surface area contributed by atoms with Gasteiger partial charge in [-0.15, -0.1) is 21.6 Å². The molecule has 0 spiro atoms. The van der Waals surface area contributed by atoms with Gasteiger partial charge in [0.25, 0.3) is 5.56 Å². The van der Waals surface area contributed by atoms with E-state index in [-0.39, 0.29) is 12.1 Å². The zero-order valence-electron chi connectivity index (χ0n) is 11.7. The van der Waals surface area contributed by atoms with Gasteiger partial charge in [-0.2, -0.15) is 10.1 Å². The highest BCUT2D eigenvalue weighted by molar-refractivity contribution is 7.15. The van der Waals surface area contributed by atoms with E-state index >= 15 is 0 Å². The predicted molar refractivity (Wildman–Crippen MR) is 86.2 cm³/mol. The molecule has 0 aliphatic carbocycles. The number of thiophene rings is 1. The fourth-order valence-electron chi connectivity index (χ4n) is 2.37. The molecule has 23 heavy (non-hydrogen) atoms. The molecule has 3 heterocycles. The minimum Gasteiger partial charge on any atom is -0.390 e. The van der Waals surface area contributed by atoms with Gasteiger partial charge in [-0.25, -0.2) is 4.79 Å². The van der Waals surface area contributed by atoms with Crippen LogP contribution in [-0.2, 0) is 9.63 Å². The number of nitrogen functional groups attached to an aromatic ring is 1. The molecular formula is C14H11N5O3S. The van der Waals surface area contributed by atoms with E-state index in [1.165, 1.54) is 16.0 Å². The number of anilines is 2. The maximum Gasteiger partial charge on any atom is 0.350 e. The van der Waals surface area contributed by atoms with Gasteiger partial charge >= 0.3 is 5.97 Å². The first-order valence-electron chi connectivity index (χ1n) is 6.75. The summed E-state index contributed by atoms with van der Waals surface area (Å²) in [5.74, 6) is -0.122. The van der Waals surface area contributed by atoms with Crippen LogP contribution in [0.1, 0.15) is 0 Å². The third kappa shape index (κ3) is 2.14. The number of hydrogen-bond acceptors (Lipinski definition) is 8. The number of fused-ring (bicyclic) bond motifs is 1. The van der Waals surface area contributed by atoms with Crippen molar-refractivity contribution in [3.63, 3.8) is 0 Å². The molecule has 1 saturated heterocycles. The van der Waals surface area contributed by atoms with Crippen LogP contribution in [0.4, 0.5) is 10.8 Å². The van der Waals surface area contributed by atoms with E-state index in [2.05, 4.69) is 10.5 Å². The number of nitrogens with one attached hydrogen (secondary N) is 1. The Hall–Kier alpha value is -2.91. The van der Waals surface area contributed by atoms with Crippen molar-refractivity contribution in [2.45, 2.75) is 0 Å². The van der Waals surface area contributed by atoms with Crippen molar-refractivity contribution in [2.75, 3.05) is 17.5 Å². The van der Waals surface area contributed by atoms with E-state index < -0.39 is 5.97 Å². The first-order valence-corrected chi connectivity index (χ1v) is 7.63. The van der Waals surface area contributed by atoms with Gasteiger partial charge in [-0.05, 0) is 12.1 Å². The summed E-state index contributed by atoms with van der Waals surface area (Å²) in [6, 6.07) is 8.97. The Labute approximate surface area is 133 Å². The van der Waals surface area contributed by atoms with Crippen LogP contribution in [0.5, 0.6) is 0 Å². The molecule has 8 nitrogen and oxygen atoms in total. The number of benzene rings is 1. The quantitative estimate of drug-likeness (QED) is 0.717. The number of hydrogen-bond donors (Lipinski definition) is 2. The van der Waals surface area contributed by atoms with Gasteiger partial charge < -0.3 is 10.6 Å². The van der Waals surface area contributed by atoms with Crippen molar-refractivity contribution in [3.8, 4) is 5.69 Å². The zero-order chi connectivity index (χ0) is 16.0. The van der Waals surface area contributed by atoms with E-state index in [1.54, 1.807) is 29.6 Å². The van der Waals surface area contributed by atoms with Crippen molar-refractivity contribution in [1.82, 2.24) is 15.2 Å². The number of para-hydroxylation sites is 1. The molecule has 1 aliphatic heterocycles. The van der Waals surface area contributed by atoms with Crippen LogP contribution in [0.25, 0.3) is 16.5 Å². The lowest BCUT2D eigenvalue weighted by molar-refractivity contribution is -0.138. The van der Waals surface area contributed by atoms with Gasteiger partial charge in [0.2, 0.25) is 5.82 Å². The van der Waals surface area contributed by atoms with Crippen molar-refractivity contribution in [1.29, 1.82) is 0 Å². The van der Waals surface area contributed by atoms with Crippen LogP contribution >= 0.6 is 11.3 Å². The Morgan fingerprint density at radius 3 is 2.74 bits per heavy atom. The summed E-state index contributed by atoms with van der Waals surface area (Å²) in [6.45, 7) is 0.0350. The molecule has 1 fully saturated rings. The summed E-state index contributed by atoms with van der Waals surface area (Å²) in [5.41, 5.74) is 8.99. The number of nitrogens with two attached hydrogens (primary N) is 1. The van der Waals surface area contributed by atoms with Gasteiger partial charge in [-0.3, -0.25) is 4.79 Å². The number of nitrogens with zero attached hydrogens (tertiary/aromatic N) is 3. The second-order valence-electron chi connectivity index (χ2n) is 4.86. The van der Waals surface area contributed by atoms with E-state index in [4.69, 9.17) is 10.6 Å². The summed E-state index contributed by atoms with van der Waals surface area (Å²) < 4.78 is 1.24. The highest BCUT2D eigenvalue weighted by Crippen LogP contribution is 2.31. The molecule has 4 rings (SSSR count). The van der Waals surface area contributed by atoms with Crippen LogP contribution in [0, 0.1) is 0 Å². The molecule has 9 heteroatoms. The minimum atomic E-state index is -0.430. The summed E-state index contributed by atoms with van der Waals surface area (Å²) in [6.07, 6.45) is 0. The molecule has 1 aliphatic rings. The number of carbonyl (C=O) groups is 1. The fourth-order valence-corrected chi connectivity index (χ4v) is 3.16. The molecule has 0 bridgehead atoms. The highest BCUT2D eigenvalue weighted by Gasteiger charge is 2.27. The summed E-state index contributed by atoms with van der Waals surface area (Å²) >= 11 is 1.24. The minimum absolute atomic E-state index is 0.0350. The lowest BCUT2D eigenvalue weighted by Crippen LogP contribution is -2.33. The molecule has 0 saturated carbocycles. The predicted octanol–water partition coefficient (Wildman–Crippen LogP) is 0.812. The Morgan fingerprint density at radius 1 is 1.26 bits per heavy atom. The summed E-state index contributed by atoms with van der Waals surface area (Å²) in [7, 11) is 0. The van der Waals surface area contributed by atoms with Gasteiger partial charge in [0.1, 0.15) is 6.54 Å². The van der Waals surface area contributed by atoms with Crippen LogP contribution in [-0.4, -0.2) is 22.3 Å². The third-order valence-electron chi connectivity index (χ3n) is 3.41. The second-order valence-corrected chi connectivity index (χ2v) is 5.77. The highest BCUT2D eigenvalue weighted by atomic mass is 32.1. The first-order chi connectivity index (χ1) is 11.1. The molecule has 1 aromatic carbocycles. The molecule has 3 N–H and O–H groups in total. The second kappa shape index (κ2) is 5.07. The molecule has 0 atom stereocenters. The molecule has 3 aromatic rings. The van der Waals surface area contributed by atoms with Gasteiger partial charge in [0.15, 0.2) is 0 Å². The molecule has 0 amide bonds. The smallest absolute Gasteiger partial charge is 0.350 e. The van der Waals surface area contributed by atoms with Crippen molar-refractivity contribution in [2.24, 2.45) is 0 Å². The number of hydrazine groups is 1. The van der Waals surface area contributed by atoms with E-state index in [1.807, 2.05) is 6.07 Å². The van der Waals surface area contributed by atoms with Crippen LogP contribution in [0.15, 0.2) is 40.5 Å². The lowest BCUT2D eigenvalue weighted by Gasteiger charge is -2.16. The van der Waals surface area contributed by atoms with Crippen LogP contribution in [0.3, 0.4) is 0 Å². The molecule has 116 valence electrons. The molecule has 0 unspecified atom stereocenters. The monoisotopic (exact) mass is 329 g/mol. The van der Waals surface area contributed by atoms with Gasteiger partial charge in [0, 0.05) is 10.8 Å². The maximum absolute atomic E-state index is 12.7. The standard InChI is InChI=1S/C14H11N5O3S/c15-12-11-9(7-23-12)13(19-16-6-10(20)22-19)17-18(14(11)21)8-4-2-1-3-5-8/h1-5,7,16H,6,15H2. The molecule has 0 radical (unpaired) electrons. The normalized spacial score (nSPS) is 14.4. The summed E-state index contributed by atoms with van der Waals surface area (Å²) in [5, 5.41) is 8.51. The van der Waals surface area contributed by atoms with Gasteiger partial charge in [-0.1, -0.05) is 18.2 Å². The summed E-state index contributed by atoms with van der Waals surface area (Å²) in [4.78, 5) is 29.1. The topological polar surface area (TPSA) is 102 Å². The molecular weight excluding hydrogens is 318 g/mol. The number of aromatic nitrogens is 2. The Morgan fingerprint density at radius 2 is 2.04 bits per heavy atom. The Balaban J connectivity index is 2.01. The van der Waals surface area contributed by atoms with Crippen molar-refractivity contribution >= 4 is 38.9 Å². The Bertz CT molecular complexity index is 966. The van der Waals surface area contributed by atoms with Crippen LogP contribution < -0.4 is 21.9 Å². The van der Waals surface area contributed by atoms with E-state index in [9.17, 15) is 9.59 Å². The SMILES string of the molecule is Nc1scc2c(N3NCC(=O)O3)nn(-c3ccccc3)c(=O)c12. The Kier molecular flexibility index (Phi) is 3.03. The third-order valence-corrected chi connectivity index (χ3v) is 4.23. The fraction of sp³-hybridized carbons (Fsp3) is 0.0714. The molecule has 2 aromatic heterocycles. The maximum atomic E-state index is 12.7.